The maximum Gasteiger partial charge on any atom is 0.136 e. The van der Waals surface area contributed by atoms with E-state index in [-0.39, 0.29) is 0 Å². The highest BCUT2D eigenvalue weighted by molar-refractivity contribution is 6.37. The molecule has 0 N–H and O–H groups in total. The molecule has 0 aliphatic rings. The van der Waals surface area contributed by atoms with Crippen molar-refractivity contribution in [3.05, 3.63) is 47.5 Å². The Hall–Kier alpha value is -1.93. The third kappa shape index (κ3) is 5.36. The monoisotopic (exact) mass is 412 g/mol. The third-order valence-electron chi connectivity index (χ3n) is 5.39. The highest BCUT2D eigenvalue weighted by Gasteiger charge is 2.18. The normalized spacial score (nSPS) is 11.3. The van der Waals surface area contributed by atoms with Gasteiger partial charge in [0.2, 0.25) is 0 Å². The second kappa shape index (κ2) is 11.3. The van der Waals surface area contributed by atoms with Crippen LogP contribution in [0, 0.1) is 0 Å². The summed E-state index contributed by atoms with van der Waals surface area (Å²) >= 11 is 6.66. The van der Waals surface area contributed by atoms with Crippen molar-refractivity contribution in [2.24, 2.45) is 0 Å². The van der Waals surface area contributed by atoms with Crippen molar-refractivity contribution in [3.8, 4) is 11.5 Å². The minimum atomic E-state index is 0.710. The number of unbranched alkanes of at least 4 members (excludes halogenated alkanes) is 6. The van der Waals surface area contributed by atoms with E-state index in [0.29, 0.717) is 11.6 Å². The quantitative estimate of drug-likeness (QED) is 0.219. The first kappa shape index (κ1) is 21.8. The highest BCUT2D eigenvalue weighted by atomic mass is 35.5. The standard InChI is InChI=1S/C26H33ClO2/c1-3-5-7-11-18-28-25-20-14-9-10-15-21(20)26(29-19-12-8-6-4-2)24-22(25)16-13-17-23(24)27/h9-10,13-17H,3-8,11-12,18-19H2,1-2H3. The van der Waals surface area contributed by atoms with Crippen LogP contribution in [0.5, 0.6) is 11.5 Å². The Morgan fingerprint density at radius 2 is 1.17 bits per heavy atom. The molecule has 0 aromatic heterocycles. The summed E-state index contributed by atoms with van der Waals surface area (Å²) in [7, 11) is 0. The van der Waals surface area contributed by atoms with E-state index >= 15 is 0 Å². The first-order valence-electron chi connectivity index (χ1n) is 11.2. The Kier molecular flexibility index (Phi) is 8.49. The molecule has 3 rings (SSSR count). The summed E-state index contributed by atoms with van der Waals surface area (Å²) in [5, 5.41) is 4.89. The number of rotatable bonds is 12. The van der Waals surface area contributed by atoms with E-state index in [1.54, 1.807) is 0 Å². The molecular formula is C26H33ClO2. The van der Waals surface area contributed by atoms with Gasteiger partial charge in [0.25, 0.3) is 0 Å². The zero-order valence-corrected chi connectivity index (χ0v) is 18.6. The lowest BCUT2D eigenvalue weighted by molar-refractivity contribution is 0.307. The summed E-state index contributed by atoms with van der Waals surface area (Å²) in [6, 6.07) is 14.4. The number of halogens is 1. The van der Waals surface area contributed by atoms with Crippen molar-refractivity contribution in [2.75, 3.05) is 13.2 Å². The second-order valence-corrected chi connectivity index (χ2v) is 8.09. The molecule has 0 aliphatic heterocycles. The maximum absolute atomic E-state index is 6.66. The molecule has 0 atom stereocenters. The zero-order valence-electron chi connectivity index (χ0n) is 17.8. The molecule has 3 aromatic rings. The van der Waals surface area contributed by atoms with Crippen molar-refractivity contribution < 1.29 is 9.47 Å². The fourth-order valence-corrected chi connectivity index (χ4v) is 4.07. The predicted octanol–water partition coefficient (Wildman–Crippen LogP) is 8.56. The van der Waals surface area contributed by atoms with Crippen LogP contribution in [0.2, 0.25) is 5.02 Å². The summed E-state index contributed by atoms with van der Waals surface area (Å²) in [6.45, 7) is 5.89. The lowest BCUT2D eigenvalue weighted by Crippen LogP contribution is -2.02. The number of hydrogen-bond acceptors (Lipinski definition) is 2. The fourth-order valence-electron chi connectivity index (χ4n) is 3.81. The lowest BCUT2D eigenvalue weighted by Gasteiger charge is -2.18. The topological polar surface area (TPSA) is 18.5 Å². The van der Waals surface area contributed by atoms with Crippen molar-refractivity contribution in [1.82, 2.24) is 0 Å². The van der Waals surface area contributed by atoms with Gasteiger partial charge in [0, 0.05) is 21.5 Å². The van der Waals surface area contributed by atoms with Crippen LogP contribution in [0.3, 0.4) is 0 Å². The lowest BCUT2D eigenvalue weighted by atomic mass is 10.0. The molecule has 0 unspecified atom stereocenters. The minimum absolute atomic E-state index is 0.710. The van der Waals surface area contributed by atoms with Gasteiger partial charge in [0.15, 0.2) is 0 Å². The van der Waals surface area contributed by atoms with Crippen molar-refractivity contribution >= 4 is 33.1 Å². The first-order chi connectivity index (χ1) is 14.3. The van der Waals surface area contributed by atoms with Crippen LogP contribution < -0.4 is 9.47 Å². The van der Waals surface area contributed by atoms with E-state index < -0.39 is 0 Å². The molecule has 0 bridgehead atoms. The van der Waals surface area contributed by atoms with Gasteiger partial charge in [-0.2, -0.15) is 0 Å². The molecule has 0 amide bonds. The van der Waals surface area contributed by atoms with Crippen LogP contribution in [0.25, 0.3) is 21.5 Å². The fraction of sp³-hybridized carbons (Fsp3) is 0.462. The average molecular weight is 413 g/mol. The third-order valence-corrected chi connectivity index (χ3v) is 5.71. The summed E-state index contributed by atoms with van der Waals surface area (Å²) in [4.78, 5) is 0. The molecule has 0 heterocycles. The van der Waals surface area contributed by atoms with Gasteiger partial charge in [-0.25, -0.2) is 0 Å². The number of benzene rings is 3. The molecule has 0 saturated heterocycles. The molecule has 0 radical (unpaired) electrons. The predicted molar refractivity (Wildman–Crippen MR) is 126 cm³/mol. The van der Waals surface area contributed by atoms with Gasteiger partial charge in [0.05, 0.1) is 18.2 Å². The molecule has 29 heavy (non-hydrogen) atoms. The summed E-state index contributed by atoms with van der Waals surface area (Å²) in [5.74, 6) is 1.81. The van der Waals surface area contributed by atoms with Gasteiger partial charge in [-0.3, -0.25) is 0 Å². The van der Waals surface area contributed by atoms with Crippen LogP contribution in [0.4, 0.5) is 0 Å². The molecule has 0 spiro atoms. The Bertz CT molecular complexity index is 919. The van der Waals surface area contributed by atoms with Gasteiger partial charge in [-0.05, 0) is 18.9 Å². The Morgan fingerprint density at radius 1 is 0.621 bits per heavy atom. The van der Waals surface area contributed by atoms with E-state index in [1.165, 1.54) is 38.5 Å². The van der Waals surface area contributed by atoms with E-state index in [1.807, 2.05) is 12.1 Å². The SMILES string of the molecule is CCCCCCOc1c2ccccc2c(OCCCCCC)c2c(Cl)cccc12. The molecule has 156 valence electrons. The maximum atomic E-state index is 6.66. The average Bonchev–Trinajstić information content (AvgIpc) is 2.74. The molecule has 0 aliphatic carbocycles. The number of ether oxygens (including phenoxy) is 2. The van der Waals surface area contributed by atoms with Gasteiger partial charge in [-0.15, -0.1) is 0 Å². The summed E-state index contributed by atoms with van der Waals surface area (Å²) in [6.07, 6.45) is 9.47. The van der Waals surface area contributed by atoms with Gasteiger partial charge >= 0.3 is 0 Å². The highest BCUT2D eigenvalue weighted by Crippen LogP contribution is 2.45. The van der Waals surface area contributed by atoms with Crippen molar-refractivity contribution in [3.63, 3.8) is 0 Å². The van der Waals surface area contributed by atoms with Crippen LogP contribution in [0.1, 0.15) is 65.2 Å². The molecule has 2 nitrogen and oxygen atoms in total. The van der Waals surface area contributed by atoms with Crippen LogP contribution in [-0.2, 0) is 0 Å². The van der Waals surface area contributed by atoms with Crippen LogP contribution >= 0.6 is 11.6 Å². The van der Waals surface area contributed by atoms with Crippen molar-refractivity contribution in [2.45, 2.75) is 65.2 Å². The minimum Gasteiger partial charge on any atom is -0.492 e. The Balaban J connectivity index is 1.98. The molecule has 3 aromatic carbocycles. The van der Waals surface area contributed by atoms with Crippen LogP contribution in [0.15, 0.2) is 42.5 Å². The second-order valence-electron chi connectivity index (χ2n) is 7.68. The van der Waals surface area contributed by atoms with Crippen molar-refractivity contribution in [1.29, 1.82) is 0 Å². The number of hydrogen-bond donors (Lipinski definition) is 0. The molecule has 3 heteroatoms. The Morgan fingerprint density at radius 3 is 1.79 bits per heavy atom. The first-order valence-corrected chi connectivity index (χ1v) is 11.5. The zero-order chi connectivity index (χ0) is 20.5. The molecule has 0 fully saturated rings. The van der Waals surface area contributed by atoms with E-state index in [4.69, 9.17) is 21.1 Å². The largest absolute Gasteiger partial charge is 0.492 e. The van der Waals surface area contributed by atoms with Crippen LogP contribution in [-0.4, -0.2) is 13.2 Å². The molecule has 0 saturated carbocycles. The molecular weight excluding hydrogens is 380 g/mol. The van der Waals surface area contributed by atoms with Gasteiger partial charge in [-0.1, -0.05) is 100 Å². The summed E-state index contributed by atoms with van der Waals surface area (Å²) < 4.78 is 12.7. The van der Waals surface area contributed by atoms with E-state index in [9.17, 15) is 0 Å². The smallest absolute Gasteiger partial charge is 0.136 e. The van der Waals surface area contributed by atoms with Gasteiger partial charge in [0.1, 0.15) is 11.5 Å². The summed E-state index contributed by atoms with van der Waals surface area (Å²) in [5.41, 5.74) is 0. The van der Waals surface area contributed by atoms with Gasteiger partial charge < -0.3 is 9.47 Å². The van der Waals surface area contributed by atoms with E-state index in [0.717, 1.165) is 52.5 Å². The Labute approximate surface area is 180 Å². The number of fused-ring (bicyclic) bond motifs is 2. The van der Waals surface area contributed by atoms with E-state index in [2.05, 4.69) is 44.2 Å².